The van der Waals surface area contributed by atoms with Crippen molar-refractivity contribution in [3.63, 3.8) is 0 Å². The van der Waals surface area contributed by atoms with E-state index in [-0.39, 0.29) is 18.0 Å². The summed E-state index contributed by atoms with van der Waals surface area (Å²) in [4.78, 5) is 18.9. The number of fused-ring (bicyclic) bond motifs is 2. The molecule has 25 heavy (non-hydrogen) atoms. The van der Waals surface area contributed by atoms with Gasteiger partial charge in [-0.05, 0) is 36.8 Å². The summed E-state index contributed by atoms with van der Waals surface area (Å²) in [5, 5.41) is 7.65. The average molecular weight is 339 g/mol. The molecule has 6 heteroatoms. The van der Waals surface area contributed by atoms with Gasteiger partial charge >= 0.3 is 0 Å². The van der Waals surface area contributed by atoms with Gasteiger partial charge in [0.05, 0.1) is 19.1 Å². The smallest absolute Gasteiger partial charge is 0.236 e. The van der Waals surface area contributed by atoms with Gasteiger partial charge in [0.2, 0.25) is 5.91 Å². The zero-order valence-corrected chi connectivity index (χ0v) is 14.7. The molecule has 1 aliphatic carbocycles. The van der Waals surface area contributed by atoms with Crippen LogP contribution in [0, 0.1) is 0 Å². The molecule has 132 valence electrons. The lowest BCUT2D eigenvalue weighted by Gasteiger charge is -2.34. The van der Waals surface area contributed by atoms with E-state index in [1.807, 2.05) is 16.6 Å². The maximum atomic E-state index is 12.7. The number of hydrogen-bond acceptors (Lipinski definition) is 4. The second-order valence-corrected chi connectivity index (χ2v) is 7.09. The van der Waals surface area contributed by atoms with Crippen LogP contribution in [-0.4, -0.2) is 45.2 Å². The first kappa shape index (κ1) is 16.3. The molecule has 0 unspecified atom stereocenters. The van der Waals surface area contributed by atoms with E-state index in [1.165, 1.54) is 11.1 Å². The van der Waals surface area contributed by atoms with Gasteiger partial charge in [-0.2, -0.15) is 5.10 Å². The highest BCUT2D eigenvalue weighted by Gasteiger charge is 2.27. The van der Waals surface area contributed by atoms with E-state index >= 15 is 0 Å². The van der Waals surface area contributed by atoms with Crippen molar-refractivity contribution in [2.45, 2.75) is 50.7 Å². The van der Waals surface area contributed by atoms with E-state index in [1.54, 1.807) is 6.33 Å². The quantitative estimate of drug-likeness (QED) is 0.921. The largest absolute Gasteiger partial charge is 0.338 e. The van der Waals surface area contributed by atoms with Crippen LogP contribution in [0.15, 0.2) is 30.6 Å². The SMILES string of the molecule is CN(C(=O)CN[C@H]1CCc2ncnn2C1)[C@@H]1CCCc2ccccc21. The Morgan fingerprint density at radius 1 is 1.32 bits per heavy atom. The Bertz CT molecular complexity index is 756. The predicted octanol–water partition coefficient (Wildman–Crippen LogP) is 1.72. The number of aromatic nitrogens is 3. The minimum atomic E-state index is 0.158. The lowest BCUT2D eigenvalue weighted by molar-refractivity contribution is -0.131. The van der Waals surface area contributed by atoms with Crippen molar-refractivity contribution in [3.8, 4) is 0 Å². The topological polar surface area (TPSA) is 63.1 Å². The second kappa shape index (κ2) is 6.96. The highest BCUT2D eigenvalue weighted by molar-refractivity contribution is 5.78. The third kappa shape index (κ3) is 3.31. The van der Waals surface area contributed by atoms with Crippen molar-refractivity contribution in [3.05, 3.63) is 47.5 Å². The first-order chi connectivity index (χ1) is 12.2. The van der Waals surface area contributed by atoms with E-state index < -0.39 is 0 Å². The molecule has 0 saturated heterocycles. The summed E-state index contributed by atoms with van der Waals surface area (Å²) >= 11 is 0. The number of likely N-dealkylation sites (N-methyl/N-ethyl adjacent to an activating group) is 1. The van der Waals surface area contributed by atoms with Crippen LogP contribution >= 0.6 is 0 Å². The van der Waals surface area contributed by atoms with Crippen molar-refractivity contribution in [2.75, 3.05) is 13.6 Å². The van der Waals surface area contributed by atoms with Crippen LogP contribution in [-0.2, 0) is 24.2 Å². The molecule has 1 aromatic heterocycles. The summed E-state index contributed by atoms with van der Waals surface area (Å²) in [6, 6.07) is 9.01. The first-order valence-corrected chi connectivity index (χ1v) is 9.16. The molecular weight excluding hydrogens is 314 g/mol. The molecular formula is C19H25N5O. The van der Waals surface area contributed by atoms with E-state index in [2.05, 4.69) is 39.7 Å². The van der Waals surface area contributed by atoms with E-state index in [9.17, 15) is 4.79 Å². The van der Waals surface area contributed by atoms with Crippen LogP contribution < -0.4 is 5.32 Å². The highest BCUT2D eigenvalue weighted by atomic mass is 16.2. The van der Waals surface area contributed by atoms with Crippen LogP contribution in [0.3, 0.4) is 0 Å². The van der Waals surface area contributed by atoms with Crippen molar-refractivity contribution in [1.29, 1.82) is 0 Å². The van der Waals surface area contributed by atoms with Crippen LogP contribution in [0.1, 0.15) is 42.3 Å². The van der Waals surface area contributed by atoms with Gasteiger partial charge in [0, 0.05) is 19.5 Å². The van der Waals surface area contributed by atoms with Gasteiger partial charge in [-0.15, -0.1) is 0 Å². The van der Waals surface area contributed by atoms with Gasteiger partial charge in [0.1, 0.15) is 12.2 Å². The van der Waals surface area contributed by atoms with Gasteiger partial charge in [-0.25, -0.2) is 9.67 Å². The molecule has 4 rings (SSSR count). The molecule has 0 fully saturated rings. The first-order valence-electron chi connectivity index (χ1n) is 9.16. The molecule has 0 spiro atoms. The zero-order chi connectivity index (χ0) is 17.2. The van der Waals surface area contributed by atoms with Crippen LogP contribution in [0.5, 0.6) is 0 Å². The Kier molecular flexibility index (Phi) is 4.53. The Balaban J connectivity index is 1.36. The van der Waals surface area contributed by atoms with Gasteiger partial charge in [-0.1, -0.05) is 24.3 Å². The third-order valence-corrected chi connectivity index (χ3v) is 5.55. The molecule has 2 heterocycles. The van der Waals surface area contributed by atoms with Crippen molar-refractivity contribution >= 4 is 5.91 Å². The number of aryl methyl sites for hydroxylation is 2. The number of amides is 1. The molecule has 1 aliphatic heterocycles. The summed E-state index contributed by atoms with van der Waals surface area (Å²) < 4.78 is 1.94. The zero-order valence-electron chi connectivity index (χ0n) is 14.7. The fourth-order valence-corrected chi connectivity index (χ4v) is 4.06. The second-order valence-electron chi connectivity index (χ2n) is 7.09. The number of nitrogens with one attached hydrogen (secondary N) is 1. The maximum absolute atomic E-state index is 12.7. The number of nitrogens with zero attached hydrogens (tertiary/aromatic N) is 4. The Morgan fingerprint density at radius 3 is 3.12 bits per heavy atom. The number of carbonyl (C=O) groups is 1. The van der Waals surface area contributed by atoms with Gasteiger partial charge in [-0.3, -0.25) is 4.79 Å². The van der Waals surface area contributed by atoms with E-state index in [0.717, 1.165) is 44.5 Å². The molecule has 1 aromatic carbocycles. The van der Waals surface area contributed by atoms with Crippen molar-refractivity contribution in [1.82, 2.24) is 25.0 Å². The summed E-state index contributed by atoms with van der Waals surface area (Å²) in [6.07, 6.45) is 6.83. The standard InChI is InChI=1S/C19H25N5O/c1-23(17-8-4-6-14-5-2-3-7-16(14)17)19(25)11-20-15-9-10-18-21-13-22-24(18)12-15/h2-3,5,7,13,15,17,20H,4,6,8-12H2,1H3/t15-,17+/m0/s1. The fourth-order valence-electron chi connectivity index (χ4n) is 4.06. The molecule has 6 nitrogen and oxygen atoms in total. The van der Waals surface area contributed by atoms with Crippen molar-refractivity contribution < 1.29 is 4.79 Å². The Labute approximate surface area is 148 Å². The number of rotatable bonds is 4. The van der Waals surface area contributed by atoms with Gasteiger partial charge in [0.25, 0.3) is 0 Å². The van der Waals surface area contributed by atoms with E-state index in [4.69, 9.17) is 0 Å². The monoisotopic (exact) mass is 339 g/mol. The Morgan fingerprint density at radius 2 is 2.20 bits per heavy atom. The number of benzene rings is 1. The summed E-state index contributed by atoms with van der Waals surface area (Å²) in [6.45, 7) is 1.17. The predicted molar refractivity (Wildman–Crippen MR) is 95.0 cm³/mol. The average Bonchev–Trinajstić information content (AvgIpc) is 3.13. The summed E-state index contributed by atoms with van der Waals surface area (Å²) in [5.74, 6) is 1.20. The van der Waals surface area contributed by atoms with Gasteiger partial charge < -0.3 is 10.2 Å². The number of hydrogen-bond donors (Lipinski definition) is 1. The van der Waals surface area contributed by atoms with Crippen LogP contribution in [0.4, 0.5) is 0 Å². The third-order valence-electron chi connectivity index (χ3n) is 5.55. The normalized spacial score (nSPS) is 22.1. The lowest BCUT2D eigenvalue weighted by Crippen LogP contribution is -2.45. The molecule has 2 aromatic rings. The minimum absolute atomic E-state index is 0.158. The van der Waals surface area contributed by atoms with Gasteiger partial charge in [0.15, 0.2) is 0 Å². The molecule has 0 radical (unpaired) electrons. The molecule has 1 N–H and O–H groups in total. The van der Waals surface area contributed by atoms with Crippen molar-refractivity contribution in [2.24, 2.45) is 0 Å². The summed E-state index contributed by atoms with van der Waals surface area (Å²) in [7, 11) is 1.94. The lowest BCUT2D eigenvalue weighted by atomic mass is 9.87. The Hall–Kier alpha value is -2.21. The summed E-state index contributed by atoms with van der Waals surface area (Å²) in [5.41, 5.74) is 2.70. The molecule has 2 aliphatic rings. The molecule has 0 bridgehead atoms. The highest BCUT2D eigenvalue weighted by Crippen LogP contribution is 2.33. The maximum Gasteiger partial charge on any atom is 0.236 e. The van der Waals surface area contributed by atoms with E-state index in [0.29, 0.717) is 6.54 Å². The minimum Gasteiger partial charge on any atom is -0.338 e. The molecule has 1 amide bonds. The molecule has 0 saturated carbocycles. The van der Waals surface area contributed by atoms with Crippen LogP contribution in [0.2, 0.25) is 0 Å². The molecule has 2 atom stereocenters. The fraction of sp³-hybridized carbons (Fsp3) is 0.526. The number of carbonyl (C=O) groups excluding carboxylic acids is 1. The van der Waals surface area contributed by atoms with Crippen LogP contribution in [0.25, 0.3) is 0 Å².